The average molecular weight is 472 g/mol. The van der Waals surface area contributed by atoms with Crippen molar-refractivity contribution in [2.75, 3.05) is 11.9 Å². The molecule has 130 valence electrons. The number of alkyl halides is 1. The molecule has 24 heavy (non-hydrogen) atoms. The molecule has 0 aromatic heterocycles. The predicted octanol–water partition coefficient (Wildman–Crippen LogP) is 6.11. The molecular weight excluding hydrogens is 448 g/mol. The summed E-state index contributed by atoms with van der Waals surface area (Å²) in [5, 5.41) is 0.680. The van der Waals surface area contributed by atoms with Gasteiger partial charge in [-0.05, 0) is 42.9 Å². The Balaban J connectivity index is 2.25. The molecule has 0 heterocycles. The number of rotatable bonds is 8. The maximum atomic E-state index is 6.42. The molecule has 0 aliphatic rings. The van der Waals surface area contributed by atoms with Crippen LogP contribution >= 0.6 is 31.9 Å². The van der Waals surface area contributed by atoms with E-state index in [1.54, 1.807) is 0 Å². The van der Waals surface area contributed by atoms with Crippen molar-refractivity contribution < 1.29 is 9.16 Å². The van der Waals surface area contributed by atoms with Gasteiger partial charge in [-0.3, -0.25) is 0 Å². The van der Waals surface area contributed by atoms with Crippen LogP contribution in [0.1, 0.15) is 11.1 Å². The molecule has 0 N–H and O–H groups in total. The topological polar surface area (TPSA) is 18.5 Å². The van der Waals surface area contributed by atoms with Gasteiger partial charge in [0.1, 0.15) is 5.60 Å². The van der Waals surface area contributed by atoms with Gasteiger partial charge in [-0.15, -0.1) is 0 Å². The summed E-state index contributed by atoms with van der Waals surface area (Å²) in [4.78, 5) is 0. The Morgan fingerprint density at radius 2 is 1.58 bits per heavy atom. The molecule has 0 saturated carbocycles. The second-order valence-electron chi connectivity index (χ2n) is 6.81. The van der Waals surface area contributed by atoms with E-state index in [0.717, 1.165) is 15.6 Å². The van der Waals surface area contributed by atoms with Crippen LogP contribution in [0.3, 0.4) is 0 Å². The highest BCUT2D eigenvalue weighted by atomic mass is 79.9. The Bertz CT molecular complexity index is 626. The van der Waals surface area contributed by atoms with Crippen molar-refractivity contribution in [1.82, 2.24) is 0 Å². The quantitative estimate of drug-likeness (QED) is 0.341. The molecule has 0 radical (unpaired) electrons. The lowest BCUT2D eigenvalue weighted by atomic mass is 9.96. The predicted molar refractivity (Wildman–Crippen MR) is 110 cm³/mol. The van der Waals surface area contributed by atoms with Crippen LogP contribution in [0, 0.1) is 0 Å². The third kappa shape index (κ3) is 5.81. The van der Waals surface area contributed by atoms with Crippen LogP contribution in [0.2, 0.25) is 19.6 Å². The SMILES string of the molecule is C[Si](C)(C)OC[C@](CBr)(OCc1ccccc1)c1ccc(Br)cc1. The van der Waals surface area contributed by atoms with Gasteiger partial charge < -0.3 is 9.16 Å². The van der Waals surface area contributed by atoms with E-state index in [9.17, 15) is 0 Å². The molecule has 1 atom stereocenters. The van der Waals surface area contributed by atoms with E-state index in [1.165, 1.54) is 0 Å². The largest absolute Gasteiger partial charge is 0.414 e. The van der Waals surface area contributed by atoms with Crippen LogP contribution in [-0.2, 0) is 21.4 Å². The van der Waals surface area contributed by atoms with E-state index in [2.05, 4.69) is 75.8 Å². The van der Waals surface area contributed by atoms with Crippen molar-refractivity contribution in [1.29, 1.82) is 0 Å². The van der Waals surface area contributed by atoms with Crippen LogP contribution in [0.5, 0.6) is 0 Å². The highest BCUT2D eigenvalue weighted by molar-refractivity contribution is 9.10. The number of hydrogen-bond acceptors (Lipinski definition) is 2. The second-order valence-corrected chi connectivity index (χ2v) is 12.8. The lowest BCUT2D eigenvalue weighted by molar-refractivity contribution is -0.0729. The Morgan fingerprint density at radius 1 is 0.958 bits per heavy atom. The van der Waals surface area contributed by atoms with Crippen LogP contribution in [-0.4, -0.2) is 20.3 Å². The van der Waals surface area contributed by atoms with Crippen LogP contribution in [0.4, 0.5) is 0 Å². The Morgan fingerprint density at radius 3 is 2.12 bits per heavy atom. The summed E-state index contributed by atoms with van der Waals surface area (Å²) in [6.45, 7) is 7.69. The summed E-state index contributed by atoms with van der Waals surface area (Å²) in [5.41, 5.74) is 1.78. The number of halogens is 2. The molecule has 0 saturated heterocycles. The highest BCUT2D eigenvalue weighted by Crippen LogP contribution is 2.32. The molecule has 2 aromatic rings. The fraction of sp³-hybridized carbons (Fsp3) is 0.368. The average Bonchev–Trinajstić information content (AvgIpc) is 2.57. The molecule has 2 rings (SSSR count). The van der Waals surface area contributed by atoms with E-state index >= 15 is 0 Å². The van der Waals surface area contributed by atoms with Crippen molar-refractivity contribution >= 4 is 40.2 Å². The molecule has 0 spiro atoms. The first-order valence-corrected chi connectivity index (χ1v) is 13.3. The third-order valence-corrected chi connectivity index (χ3v) is 6.13. The third-order valence-electron chi connectivity index (χ3n) is 3.68. The summed E-state index contributed by atoms with van der Waals surface area (Å²) in [7, 11) is -1.65. The van der Waals surface area contributed by atoms with E-state index in [1.807, 2.05) is 30.3 Å². The molecular formula is C19H24Br2O2Si. The summed E-state index contributed by atoms with van der Waals surface area (Å²) in [6, 6.07) is 18.6. The number of hydrogen-bond donors (Lipinski definition) is 0. The zero-order valence-corrected chi connectivity index (χ0v) is 18.6. The Kier molecular flexibility index (Phi) is 7.25. The fourth-order valence-electron chi connectivity index (χ4n) is 2.25. The van der Waals surface area contributed by atoms with Crippen molar-refractivity contribution in [3.05, 3.63) is 70.2 Å². The lowest BCUT2D eigenvalue weighted by Gasteiger charge is -2.35. The van der Waals surface area contributed by atoms with Crippen molar-refractivity contribution in [2.24, 2.45) is 0 Å². The zero-order valence-electron chi connectivity index (χ0n) is 14.4. The van der Waals surface area contributed by atoms with Gasteiger partial charge in [-0.2, -0.15) is 0 Å². The van der Waals surface area contributed by atoms with E-state index < -0.39 is 13.9 Å². The van der Waals surface area contributed by atoms with Crippen LogP contribution < -0.4 is 0 Å². The molecule has 0 aliphatic carbocycles. The first-order valence-electron chi connectivity index (χ1n) is 7.98. The minimum atomic E-state index is -1.65. The van der Waals surface area contributed by atoms with Gasteiger partial charge in [0.15, 0.2) is 8.32 Å². The minimum absolute atomic E-state index is 0.503. The Labute approximate surface area is 163 Å². The van der Waals surface area contributed by atoms with Gasteiger partial charge in [-0.1, -0.05) is 74.3 Å². The van der Waals surface area contributed by atoms with E-state index in [-0.39, 0.29) is 0 Å². The fourth-order valence-corrected chi connectivity index (χ4v) is 3.82. The monoisotopic (exact) mass is 470 g/mol. The first-order chi connectivity index (χ1) is 11.3. The molecule has 2 nitrogen and oxygen atoms in total. The molecule has 0 unspecified atom stereocenters. The molecule has 0 amide bonds. The van der Waals surface area contributed by atoms with E-state index in [0.29, 0.717) is 18.5 Å². The molecule has 2 aromatic carbocycles. The second kappa shape index (κ2) is 8.76. The maximum absolute atomic E-state index is 6.42. The number of benzene rings is 2. The lowest BCUT2D eigenvalue weighted by Crippen LogP contribution is -2.41. The van der Waals surface area contributed by atoms with Crippen molar-refractivity contribution in [3.8, 4) is 0 Å². The molecule has 0 bridgehead atoms. The van der Waals surface area contributed by atoms with Gasteiger partial charge in [0.2, 0.25) is 0 Å². The summed E-state index contributed by atoms with van der Waals surface area (Å²) in [5.74, 6) is 0. The zero-order chi connectivity index (χ0) is 17.6. The van der Waals surface area contributed by atoms with Gasteiger partial charge in [0, 0.05) is 9.80 Å². The molecule has 5 heteroatoms. The summed E-state index contributed by atoms with van der Waals surface area (Å²) in [6.07, 6.45) is 0. The standard InChI is InChI=1S/C19H24Br2O2Si/c1-24(2,3)23-15-19(14-20,17-9-11-18(21)12-10-17)22-13-16-7-5-4-6-8-16/h4-12H,13-15H2,1-3H3/t19-/m0/s1. The summed E-state index contributed by atoms with van der Waals surface area (Å²) >= 11 is 7.17. The normalized spacial score (nSPS) is 14.4. The van der Waals surface area contributed by atoms with Gasteiger partial charge in [-0.25, -0.2) is 0 Å². The minimum Gasteiger partial charge on any atom is -0.414 e. The Hall–Kier alpha value is -0.463. The smallest absolute Gasteiger partial charge is 0.183 e. The summed E-state index contributed by atoms with van der Waals surface area (Å²) < 4.78 is 13.7. The van der Waals surface area contributed by atoms with Crippen LogP contribution in [0.25, 0.3) is 0 Å². The maximum Gasteiger partial charge on any atom is 0.183 e. The van der Waals surface area contributed by atoms with Gasteiger partial charge >= 0.3 is 0 Å². The number of ether oxygens (including phenoxy) is 1. The highest BCUT2D eigenvalue weighted by Gasteiger charge is 2.34. The van der Waals surface area contributed by atoms with E-state index in [4.69, 9.17) is 9.16 Å². The van der Waals surface area contributed by atoms with Crippen molar-refractivity contribution in [3.63, 3.8) is 0 Å². The van der Waals surface area contributed by atoms with Crippen LogP contribution in [0.15, 0.2) is 59.1 Å². The molecule has 0 aliphatic heterocycles. The van der Waals surface area contributed by atoms with Gasteiger partial charge in [0.25, 0.3) is 0 Å². The van der Waals surface area contributed by atoms with Gasteiger partial charge in [0.05, 0.1) is 13.2 Å². The first kappa shape index (κ1) is 19.9. The van der Waals surface area contributed by atoms with Crippen molar-refractivity contribution in [2.45, 2.75) is 31.8 Å². The molecule has 0 fully saturated rings.